The number of hydrogen-bond donors (Lipinski definition) is 1. The molecule has 0 aliphatic rings. The van der Waals surface area contributed by atoms with Crippen LogP contribution in [0.1, 0.15) is 21.7 Å². The zero-order valence-electron chi connectivity index (χ0n) is 9.22. The van der Waals surface area contributed by atoms with E-state index in [9.17, 15) is 4.79 Å². The summed E-state index contributed by atoms with van der Waals surface area (Å²) in [5.41, 5.74) is 3.04. The number of aromatic amines is 1. The Morgan fingerprint density at radius 1 is 1.50 bits per heavy atom. The lowest BCUT2D eigenvalue weighted by atomic mass is 10.2. The summed E-state index contributed by atoms with van der Waals surface area (Å²) in [6, 6.07) is 1.66. The van der Waals surface area contributed by atoms with E-state index in [0.717, 1.165) is 22.2 Å². The van der Waals surface area contributed by atoms with Crippen LogP contribution >= 0.6 is 11.6 Å². The lowest BCUT2D eigenvalue weighted by Crippen LogP contribution is -2.00. The van der Waals surface area contributed by atoms with Crippen molar-refractivity contribution in [1.82, 2.24) is 9.97 Å². The number of aryl methyl sites for hydroxylation is 2. The largest absolute Gasteiger partial charge is 0.464 e. The van der Waals surface area contributed by atoms with Crippen molar-refractivity contribution in [3.63, 3.8) is 0 Å². The van der Waals surface area contributed by atoms with Crippen LogP contribution in [0.4, 0.5) is 0 Å². The van der Waals surface area contributed by atoms with Crippen LogP contribution in [-0.4, -0.2) is 23.0 Å². The SMILES string of the molecule is COC(=O)c1cc2c(Cl)nc(C)c(C)c2[nH]1. The van der Waals surface area contributed by atoms with Gasteiger partial charge in [-0.3, -0.25) is 0 Å². The van der Waals surface area contributed by atoms with E-state index in [1.165, 1.54) is 7.11 Å². The van der Waals surface area contributed by atoms with Gasteiger partial charge >= 0.3 is 5.97 Å². The topological polar surface area (TPSA) is 55.0 Å². The fourth-order valence-electron chi connectivity index (χ4n) is 1.61. The number of carbonyl (C=O) groups is 1. The summed E-state index contributed by atoms with van der Waals surface area (Å²) in [7, 11) is 1.34. The summed E-state index contributed by atoms with van der Waals surface area (Å²) in [6.07, 6.45) is 0. The second-order valence-corrected chi connectivity index (χ2v) is 3.93. The molecule has 0 aromatic carbocycles. The Kier molecular flexibility index (Phi) is 2.59. The number of halogens is 1. The molecule has 1 N–H and O–H groups in total. The molecule has 84 valence electrons. The number of ether oxygens (including phenoxy) is 1. The number of pyridine rings is 1. The molecule has 0 unspecified atom stereocenters. The van der Waals surface area contributed by atoms with Gasteiger partial charge in [0.2, 0.25) is 0 Å². The average molecular weight is 239 g/mol. The molecule has 2 rings (SSSR count). The monoisotopic (exact) mass is 238 g/mol. The van der Waals surface area contributed by atoms with Crippen molar-refractivity contribution >= 4 is 28.5 Å². The summed E-state index contributed by atoms with van der Waals surface area (Å²) >= 11 is 6.01. The average Bonchev–Trinajstić information content (AvgIpc) is 2.70. The first kappa shape index (κ1) is 11.0. The van der Waals surface area contributed by atoms with Gasteiger partial charge in [-0.25, -0.2) is 9.78 Å². The van der Waals surface area contributed by atoms with Crippen molar-refractivity contribution < 1.29 is 9.53 Å². The Bertz CT molecular complexity index is 575. The first-order chi connectivity index (χ1) is 7.54. The lowest BCUT2D eigenvalue weighted by molar-refractivity contribution is 0.0595. The molecular weight excluding hydrogens is 228 g/mol. The number of esters is 1. The molecule has 2 aromatic rings. The summed E-state index contributed by atoms with van der Waals surface area (Å²) < 4.78 is 4.64. The maximum absolute atomic E-state index is 11.4. The maximum atomic E-state index is 11.4. The Morgan fingerprint density at radius 2 is 2.19 bits per heavy atom. The first-order valence-corrected chi connectivity index (χ1v) is 5.16. The number of nitrogens with one attached hydrogen (secondary N) is 1. The van der Waals surface area contributed by atoms with Crippen molar-refractivity contribution in [3.8, 4) is 0 Å². The van der Waals surface area contributed by atoms with E-state index >= 15 is 0 Å². The van der Waals surface area contributed by atoms with E-state index in [0.29, 0.717) is 10.8 Å². The minimum Gasteiger partial charge on any atom is -0.464 e. The van der Waals surface area contributed by atoms with E-state index in [4.69, 9.17) is 11.6 Å². The number of rotatable bonds is 1. The summed E-state index contributed by atoms with van der Waals surface area (Å²) in [5, 5.41) is 1.13. The number of methoxy groups -OCH3 is 1. The second kappa shape index (κ2) is 3.79. The number of fused-ring (bicyclic) bond motifs is 1. The smallest absolute Gasteiger partial charge is 0.354 e. The van der Waals surface area contributed by atoms with Gasteiger partial charge in [0.25, 0.3) is 0 Å². The summed E-state index contributed by atoms with van der Waals surface area (Å²) in [4.78, 5) is 18.6. The van der Waals surface area contributed by atoms with Gasteiger partial charge in [0.05, 0.1) is 12.6 Å². The fraction of sp³-hybridized carbons (Fsp3) is 0.273. The molecule has 0 atom stereocenters. The van der Waals surface area contributed by atoms with Crippen LogP contribution in [0.3, 0.4) is 0 Å². The number of H-pyrrole nitrogens is 1. The van der Waals surface area contributed by atoms with Crippen molar-refractivity contribution in [2.24, 2.45) is 0 Å². The molecule has 2 aromatic heterocycles. The number of aromatic nitrogens is 2. The number of hydrogen-bond acceptors (Lipinski definition) is 3. The molecule has 0 aliphatic heterocycles. The summed E-state index contributed by atoms with van der Waals surface area (Å²) in [5.74, 6) is -0.413. The van der Waals surface area contributed by atoms with E-state index in [-0.39, 0.29) is 0 Å². The molecule has 0 amide bonds. The van der Waals surface area contributed by atoms with Crippen molar-refractivity contribution in [3.05, 3.63) is 28.2 Å². The molecule has 2 heterocycles. The van der Waals surface area contributed by atoms with Crippen molar-refractivity contribution in [2.45, 2.75) is 13.8 Å². The van der Waals surface area contributed by atoms with Crippen LogP contribution < -0.4 is 0 Å². The molecule has 0 fully saturated rings. The molecule has 16 heavy (non-hydrogen) atoms. The van der Waals surface area contributed by atoms with Gasteiger partial charge in [-0.1, -0.05) is 11.6 Å². The fourth-order valence-corrected chi connectivity index (χ4v) is 1.88. The number of carbonyl (C=O) groups excluding carboxylic acids is 1. The second-order valence-electron chi connectivity index (χ2n) is 3.58. The van der Waals surface area contributed by atoms with Gasteiger partial charge in [0.1, 0.15) is 10.8 Å². The Labute approximate surface area is 97.6 Å². The minimum atomic E-state index is -0.413. The standard InChI is InChI=1S/C11H11ClN2O2/c1-5-6(2)13-10(12)7-4-8(11(15)16-3)14-9(5)7/h4,14H,1-3H3. The van der Waals surface area contributed by atoms with Crippen molar-refractivity contribution in [2.75, 3.05) is 7.11 Å². The quantitative estimate of drug-likeness (QED) is 0.614. The van der Waals surface area contributed by atoms with Gasteiger partial charge in [0, 0.05) is 11.1 Å². The minimum absolute atomic E-state index is 0.384. The molecule has 0 radical (unpaired) electrons. The van der Waals surface area contributed by atoms with E-state index < -0.39 is 5.97 Å². The van der Waals surface area contributed by atoms with E-state index in [1.54, 1.807) is 6.07 Å². The van der Waals surface area contributed by atoms with Crippen LogP contribution in [0.2, 0.25) is 5.15 Å². The Morgan fingerprint density at radius 3 is 2.81 bits per heavy atom. The highest BCUT2D eigenvalue weighted by Gasteiger charge is 2.14. The third kappa shape index (κ3) is 1.55. The molecule has 4 nitrogen and oxygen atoms in total. The van der Waals surface area contributed by atoms with Gasteiger partial charge in [-0.2, -0.15) is 0 Å². The molecule has 0 spiro atoms. The van der Waals surface area contributed by atoms with Crippen LogP contribution in [0.25, 0.3) is 10.9 Å². The van der Waals surface area contributed by atoms with Gasteiger partial charge in [-0.15, -0.1) is 0 Å². The van der Waals surface area contributed by atoms with Crippen molar-refractivity contribution in [1.29, 1.82) is 0 Å². The normalized spacial score (nSPS) is 10.8. The lowest BCUT2D eigenvalue weighted by Gasteiger charge is -2.01. The van der Waals surface area contributed by atoms with Gasteiger partial charge in [0.15, 0.2) is 0 Å². The van der Waals surface area contributed by atoms with Crippen LogP contribution in [-0.2, 0) is 4.74 Å². The predicted octanol–water partition coefficient (Wildman–Crippen LogP) is 2.62. The van der Waals surface area contributed by atoms with Gasteiger partial charge in [-0.05, 0) is 25.5 Å². The zero-order chi connectivity index (χ0) is 11.9. The third-order valence-corrected chi connectivity index (χ3v) is 2.92. The third-order valence-electron chi connectivity index (χ3n) is 2.63. The molecule has 0 aliphatic carbocycles. The van der Waals surface area contributed by atoms with Crippen LogP contribution in [0, 0.1) is 13.8 Å². The Balaban J connectivity index is 2.74. The Hall–Kier alpha value is -1.55. The molecular formula is C11H11ClN2O2. The predicted molar refractivity (Wildman–Crippen MR) is 61.9 cm³/mol. The zero-order valence-corrected chi connectivity index (χ0v) is 9.97. The van der Waals surface area contributed by atoms with Gasteiger partial charge < -0.3 is 9.72 Å². The van der Waals surface area contributed by atoms with Crippen LogP contribution in [0.5, 0.6) is 0 Å². The number of nitrogens with zero attached hydrogens (tertiary/aromatic N) is 1. The van der Waals surface area contributed by atoms with E-state index in [2.05, 4.69) is 14.7 Å². The highest BCUT2D eigenvalue weighted by atomic mass is 35.5. The van der Waals surface area contributed by atoms with E-state index in [1.807, 2.05) is 13.8 Å². The molecule has 5 heteroatoms. The molecule has 0 bridgehead atoms. The maximum Gasteiger partial charge on any atom is 0.354 e. The highest BCUT2D eigenvalue weighted by molar-refractivity contribution is 6.34. The molecule has 0 saturated carbocycles. The van der Waals surface area contributed by atoms with Crippen LogP contribution in [0.15, 0.2) is 6.07 Å². The first-order valence-electron chi connectivity index (χ1n) is 4.78. The summed E-state index contributed by atoms with van der Waals surface area (Å²) in [6.45, 7) is 3.80. The molecule has 0 saturated heterocycles. The highest BCUT2D eigenvalue weighted by Crippen LogP contribution is 2.27.